The molecule has 7 heteroatoms. The number of carboxylic acids is 1. The van der Waals surface area contributed by atoms with Crippen molar-refractivity contribution < 1.29 is 18.9 Å². The van der Waals surface area contributed by atoms with Gasteiger partial charge in [0, 0.05) is 41.9 Å². The van der Waals surface area contributed by atoms with Gasteiger partial charge in [-0.3, -0.25) is 4.21 Å². The number of hydrogen-bond donors (Lipinski definition) is 1. The summed E-state index contributed by atoms with van der Waals surface area (Å²) in [6.07, 6.45) is 3.02. The molecule has 2 heterocycles. The molecule has 3 unspecified atom stereocenters. The fourth-order valence-electron chi connectivity index (χ4n) is 3.83. The zero-order valence-electron chi connectivity index (χ0n) is 11.4. The lowest BCUT2D eigenvalue weighted by Gasteiger charge is -2.33. The average Bonchev–Trinajstić information content (AvgIpc) is 2.97. The normalized spacial score (nSPS) is 34.3. The van der Waals surface area contributed by atoms with Crippen LogP contribution in [0.2, 0.25) is 0 Å². The molecule has 2 amide bonds. The van der Waals surface area contributed by atoms with Gasteiger partial charge in [-0.05, 0) is 24.7 Å². The highest BCUT2D eigenvalue weighted by molar-refractivity contribution is 7.85. The second-order valence-corrected chi connectivity index (χ2v) is 7.60. The predicted octanol–water partition coefficient (Wildman–Crippen LogP) is 0.356. The molecule has 3 aliphatic rings. The Labute approximate surface area is 120 Å². The molecule has 0 bridgehead atoms. The standard InChI is InChI=1S/C13H20N2O4S/c16-12(17)11-10-3-1-2-9(10)8-15(11)13(18)14-4-6-20(19)7-5-14/h9-11H,1-8H2,(H,16,17). The third-order valence-electron chi connectivity index (χ3n) is 4.84. The fourth-order valence-corrected chi connectivity index (χ4v) is 4.88. The van der Waals surface area contributed by atoms with Crippen LogP contribution in [-0.4, -0.2) is 68.3 Å². The van der Waals surface area contributed by atoms with Gasteiger partial charge in [-0.1, -0.05) is 6.42 Å². The van der Waals surface area contributed by atoms with Gasteiger partial charge in [0.15, 0.2) is 0 Å². The maximum absolute atomic E-state index is 12.5. The molecule has 112 valence electrons. The minimum absolute atomic E-state index is 0.121. The van der Waals surface area contributed by atoms with Crippen molar-refractivity contribution in [2.24, 2.45) is 11.8 Å². The molecular formula is C13H20N2O4S. The Morgan fingerprint density at radius 3 is 2.50 bits per heavy atom. The van der Waals surface area contributed by atoms with E-state index in [1.54, 1.807) is 9.80 Å². The lowest BCUT2D eigenvalue weighted by molar-refractivity contribution is -0.142. The molecular weight excluding hydrogens is 280 g/mol. The first-order chi connectivity index (χ1) is 9.58. The van der Waals surface area contributed by atoms with Crippen molar-refractivity contribution in [3.8, 4) is 0 Å². The van der Waals surface area contributed by atoms with Crippen molar-refractivity contribution in [3.63, 3.8) is 0 Å². The smallest absolute Gasteiger partial charge is 0.326 e. The van der Waals surface area contributed by atoms with Crippen LogP contribution in [0.15, 0.2) is 0 Å². The number of likely N-dealkylation sites (tertiary alicyclic amines) is 1. The second-order valence-electron chi connectivity index (χ2n) is 5.91. The number of aliphatic carboxylic acids is 1. The molecule has 0 aromatic rings. The van der Waals surface area contributed by atoms with Crippen LogP contribution >= 0.6 is 0 Å². The largest absolute Gasteiger partial charge is 0.480 e. The highest BCUT2D eigenvalue weighted by Gasteiger charge is 2.50. The number of carbonyl (C=O) groups excluding carboxylic acids is 1. The molecule has 3 fully saturated rings. The topological polar surface area (TPSA) is 77.9 Å². The van der Waals surface area contributed by atoms with Gasteiger partial charge in [0.1, 0.15) is 6.04 Å². The molecule has 0 aromatic carbocycles. The molecule has 1 aliphatic carbocycles. The van der Waals surface area contributed by atoms with E-state index < -0.39 is 22.8 Å². The van der Waals surface area contributed by atoms with Crippen LogP contribution < -0.4 is 0 Å². The zero-order chi connectivity index (χ0) is 14.3. The van der Waals surface area contributed by atoms with E-state index in [0.717, 1.165) is 19.3 Å². The highest BCUT2D eigenvalue weighted by atomic mass is 32.2. The molecule has 20 heavy (non-hydrogen) atoms. The Morgan fingerprint density at radius 1 is 1.15 bits per heavy atom. The minimum Gasteiger partial charge on any atom is -0.480 e. The van der Waals surface area contributed by atoms with Crippen LogP contribution in [-0.2, 0) is 15.6 Å². The second kappa shape index (κ2) is 5.35. The molecule has 2 saturated heterocycles. The van der Waals surface area contributed by atoms with Gasteiger partial charge in [-0.2, -0.15) is 0 Å². The van der Waals surface area contributed by atoms with Crippen LogP contribution in [0.1, 0.15) is 19.3 Å². The number of rotatable bonds is 1. The fraction of sp³-hybridized carbons (Fsp3) is 0.846. The number of urea groups is 1. The summed E-state index contributed by atoms with van der Waals surface area (Å²) in [5.74, 6) is 0.594. The maximum Gasteiger partial charge on any atom is 0.326 e. The van der Waals surface area contributed by atoms with Gasteiger partial charge in [0.2, 0.25) is 0 Å². The maximum atomic E-state index is 12.5. The van der Waals surface area contributed by atoms with Crippen LogP contribution in [0.25, 0.3) is 0 Å². The SMILES string of the molecule is O=C(O)C1C2CCCC2CN1C(=O)N1CCS(=O)CC1. The summed E-state index contributed by atoms with van der Waals surface area (Å²) in [4.78, 5) is 27.3. The van der Waals surface area contributed by atoms with Gasteiger partial charge in [-0.25, -0.2) is 9.59 Å². The third kappa shape index (κ3) is 2.32. The van der Waals surface area contributed by atoms with E-state index in [2.05, 4.69) is 0 Å². The van der Waals surface area contributed by atoms with E-state index in [-0.39, 0.29) is 11.9 Å². The van der Waals surface area contributed by atoms with Crippen LogP contribution in [0.3, 0.4) is 0 Å². The first-order valence-corrected chi connectivity index (χ1v) is 8.70. The summed E-state index contributed by atoms with van der Waals surface area (Å²) in [6.45, 7) is 1.52. The summed E-state index contributed by atoms with van der Waals surface area (Å²) in [5, 5.41) is 9.46. The van der Waals surface area contributed by atoms with E-state index in [1.165, 1.54) is 0 Å². The molecule has 1 saturated carbocycles. The van der Waals surface area contributed by atoms with E-state index in [0.29, 0.717) is 37.1 Å². The Balaban J connectivity index is 1.73. The zero-order valence-corrected chi connectivity index (χ0v) is 12.2. The van der Waals surface area contributed by atoms with Crippen molar-refractivity contribution in [2.45, 2.75) is 25.3 Å². The van der Waals surface area contributed by atoms with Crippen molar-refractivity contribution in [1.29, 1.82) is 0 Å². The lowest BCUT2D eigenvalue weighted by Crippen LogP contribution is -2.52. The molecule has 0 aromatic heterocycles. The molecule has 3 atom stereocenters. The number of hydrogen-bond acceptors (Lipinski definition) is 3. The highest BCUT2D eigenvalue weighted by Crippen LogP contribution is 2.42. The third-order valence-corrected chi connectivity index (χ3v) is 6.11. The summed E-state index contributed by atoms with van der Waals surface area (Å²) in [7, 11) is -0.830. The summed E-state index contributed by atoms with van der Waals surface area (Å²) in [5.41, 5.74) is 0. The summed E-state index contributed by atoms with van der Waals surface area (Å²) < 4.78 is 11.4. The number of carboxylic acid groups (broad SMARTS) is 1. The molecule has 0 radical (unpaired) electrons. The predicted molar refractivity (Wildman–Crippen MR) is 73.8 cm³/mol. The molecule has 3 rings (SSSR count). The van der Waals surface area contributed by atoms with E-state index in [9.17, 15) is 18.9 Å². The van der Waals surface area contributed by atoms with Crippen LogP contribution in [0.4, 0.5) is 4.79 Å². The number of fused-ring (bicyclic) bond motifs is 1. The first kappa shape index (κ1) is 13.9. The van der Waals surface area contributed by atoms with E-state index in [4.69, 9.17) is 0 Å². The van der Waals surface area contributed by atoms with Gasteiger partial charge in [0.25, 0.3) is 0 Å². The molecule has 1 N–H and O–H groups in total. The number of amides is 2. The summed E-state index contributed by atoms with van der Waals surface area (Å²) in [6, 6.07) is -0.842. The molecule has 2 aliphatic heterocycles. The lowest BCUT2D eigenvalue weighted by atomic mass is 9.94. The van der Waals surface area contributed by atoms with Crippen LogP contribution in [0, 0.1) is 11.8 Å². The summed E-state index contributed by atoms with van der Waals surface area (Å²) >= 11 is 0. The van der Waals surface area contributed by atoms with Gasteiger partial charge in [-0.15, -0.1) is 0 Å². The van der Waals surface area contributed by atoms with E-state index >= 15 is 0 Å². The molecule has 6 nitrogen and oxygen atoms in total. The quantitative estimate of drug-likeness (QED) is 0.758. The Bertz CT molecular complexity index is 446. The van der Waals surface area contributed by atoms with E-state index in [1.807, 2.05) is 0 Å². The van der Waals surface area contributed by atoms with Crippen molar-refractivity contribution in [3.05, 3.63) is 0 Å². The van der Waals surface area contributed by atoms with Gasteiger partial charge >= 0.3 is 12.0 Å². The van der Waals surface area contributed by atoms with Gasteiger partial charge < -0.3 is 14.9 Å². The number of nitrogens with zero attached hydrogens (tertiary/aromatic N) is 2. The number of carbonyl (C=O) groups is 2. The Morgan fingerprint density at radius 2 is 1.85 bits per heavy atom. The Hall–Kier alpha value is -1.11. The molecule has 0 spiro atoms. The van der Waals surface area contributed by atoms with Crippen molar-refractivity contribution in [2.75, 3.05) is 31.1 Å². The van der Waals surface area contributed by atoms with Crippen LogP contribution in [0.5, 0.6) is 0 Å². The van der Waals surface area contributed by atoms with Crippen molar-refractivity contribution in [1.82, 2.24) is 9.80 Å². The minimum atomic E-state index is -0.881. The van der Waals surface area contributed by atoms with Crippen molar-refractivity contribution >= 4 is 22.8 Å². The Kier molecular flexibility index (Phi) is 3.70. The van der Waals surface area contributed by atoms with Gasteiger partial charge in [0.05, 0.1) is 0 Å². The first-order valence-electron chi connectivity index (χ1n) is 7.21. The average molecular weight is 300 g/mol. The monoisotopic (exact) mass is 300 g/mol.